The molecule has 0 aliphatic rings. The zero-order valence-electron chi connectivity index (χ0n) is 12.2. The third-order valence-corrected chi connectivity index (χ3v) is 4.94. The Kier molecular flexibility index (Phi) is 4.87. The number of carbonyl (C=O) groups excluding carboxylic acids is 1. The Bertz CT molecular complexity index is 785. The van der Waals surface area contributed by atoms with Gasteiger partial charge in [-0.2, -0.15) is 5.10 Å². The van der Waals surface area contributed by atoms with Crippen LogP contribution in [0, 0.1) is 6.92 Å². The summed E-state index contributed by atoms with van der Waals surface area (Å²) in [6.45, 7) is 1.69. The summed E-state index contributed by atoms with van der Waals surface area (Å²) in [6, 6.07) is 9.18. The van der Waals surface area contributed by atoms with Crippen LogP contribution in [0.3, 0.4) is 0 Å². The van der Waals surface area contributed by atoms with Gasteiger partial charge in [-0.25, -0.2) is 13.1 Å². The van der Waals surface area contributed by atoms with E-state index in [9.17, 15) is 13.2 Å². The van der Waals surface area contributed by atoms with Gasteiger partial charge >= 0.3 is 0 Å². The van der Waals surface area contributed by atoms with Crippen LogP contribution in [0.2, 0.25) is 5.15 Å². The van der Waals surface area contributed by atoms with Crippen LogP contribution in [0.4, 0.5) is 0 Å². The fourth-order valence-electron chi connectivity index (χ4n) is 1.98. The van der Waals surface area contributed by atoms with E-state index in [-0.39, 0.29) is 10.9 Å². The highest BCUT2D eigenvalue weighted by Crippen LogP contribution is 2.25. The molecule has 0 bridgehead atoms. The molecule has 2 aromatic rings. The van der Waals surface area contributed by atoms with Crippen molar-refractivity contribution in [2.45, 2.75) is 12.7 Å². The zero-order valence-corrected chi connectivity index (χ0v) is 13.8. The van der Waals surface area contributed by atoms with E-state index >= 15 is 0 Å². The minimum absolute atomic E-state index is 0.240. The van der Waals surface area contributed by atoms with Gasteiger partial charge in [-0.15, -0.1) is 0 Å². The molecule has 22 heavy (non-hydrogen) atoms. The highest BCUT2D eigenvalue weighted by Gasteiger charge is 2.23. The molecule has 1 N–H and O–H groups in total. The van der Waals surface area contributed by atoms with Crippen LogP contribution in [0.5, 0.6) is 0 Å². The van der Waals surface area contributed by atoms with Crippen molar-refractivity contribution in [2.24, 2.45) is 0 Å². The molecule has 1 aromatic carbocycles. The molecule has 8 heteroatoms. The van der Waals surface area contributed by atoms with Crippen molar-refractivity contribution >= 4 is 27.3 Å². The maximum Gasteiger partial charge on any atom is 0.234 e. The van der Waals surface area contributed by atoms with Crippen molar-refractivity contribution in [3.8, 4) is 5.69 Å². The fraction of sp³-hybridized carbons (Fsp3) is 0.286. The molecule has 118 valence electrons. The first-order valence-electron chi connectivity index (χ1n) is 6.54. The molecule has 1 heterocycles. The molecule has 2 rings (SSSR count). The minimum Gasteiger partial charge on any atom is -0.358 e. The Morgan fingerprint density at radius 1 is 1.32 bits per heavy atom. The molecule has 0 saturated carbocycles. The van der Waals surface area contributed by atoms with E-state index in [1.165, 1.54) is 11.7 Å². The lowest BCUT2D eigenvalue weighted by Crippen LogP contribution is -2.27. The Hall–Kier alpha value is -1.86. The van der Waals surface area contributed by atoms with Gasteiger partial charge in [0.2, 0.25) is 5.91 Å². The highest BCUT2D eigenvalue weighted by atomic mass is 35.5. The van der Waals surface area contributed by atoms with Crippen LogP contribution < -0.4 is 5.32 Å². The first kappa shape index (κ1) is 16.5. The van der Waals surface area contributed by atoms with Crippen molar-refractivity contribution in [2.75, 3.05) is 12.8 Å². The van der Waals surface area contributed by atoms with Crippen molar-refractivity contribution in [3.05, 3.63) is 46.7 Å². The third-order valence-electron chi connectivity index (χ3n) is 3.12. The lowest BCUT2D eigenvalue weighted by atomic mass is 10.3. The molecule has 0 fully saturated rings. The van der Waals surface area contributed by atoms with E-state index in [0.717, 1.165) is 5.69 Å². The van der Waals surface area contributed by atoms with Crippen LogP contribution in [-0.4, -0.2) is 36.9 Å². The SMILES string of the molecule is CNC(=O)CS(=O)(=O)Cc1c(C)nn(-c2ccccc2)c1Cl. The largest absolute Gasteiger partial charge is 0.358 e. The van der Waals surface area contributed by atoms with E-state index < -0.39 is 21.5 Å². The van der Waals surface area contributed by atoms with Gasteiger partial charge in [-0.05, 0) is 19.1 Å². The Morgan fingerprint density at radius 3 is 2.55 bits per heavy atom. The highest BCUT2D eigenvalue weighted by molar-refractivity contribution is 7.91. The smallest absolute Gasteiger partial charge is 0.234 e. The predicted molar refractivity (Wildman–Crippen MR) is 84.9 cm³/mol. The number of sulfone groups is 1. The molecular weight excluding hydrogens is 326 g/mol. The number of halogens is 1. The summed E-state index contributed by atoms with van der Waals surface area (Å²) in [5, 5.41) is 6.82. The lowest BCUT2D eigenvalue weighted by Gasteiger charge is -2.05. The first-order valence-corrected chi connectivity index (χ1v) is 8.74. The molecule has 6 nitrogen and oxygen atoms in total. The zero-order chi connectivity index (χ0) is 16.3. The average molecular weight is 342 g/mol. The second-order valence-electron chi connectivity index (χ2n) is 4.81. The van der Waals surface area contributed by atoms with E-state index in [2.05, 4.69) is 10.4 Å². The van der Waals surface area contributed by atoms with E-state index in [1.54, 1.807) is 6.92 Å². The molecule has 0 aliphatic carbocycles. The molecule has 0 unspecified atom stereocenters. The number of amides is 1. The summed E-state index contributed by atoms with van der Waals surface area (Å²) in [6.07, 6.45) is 0. The quantitative estimate of drug-likeness (QED) is 0.893. The fourth-order valence-corrected chi connectivity index (χ4v) is 3.83. The van der Waals surface area contributed by atoms with Crippen LogP contribution >= 0.6 is 11.6 Å². The number of aryl methyl sites for hydroxylation is 1. The number of hydrogen-bond donors (Lipinski definition) is 1. The van der Waals surface area contributed by atoms with Gasteiger partial charge in [0.05, 0.1) is 17.1 Å². The van der Waals surface area contributed by atoms with Crippen molar-refractivity contribution in [3.63, 3.8) is 0 Å². The molecule has 0 aliphatic heterocycles. The number of aromatic nitrogens is 2. The maximum absolute atomic E-state index is 12.1. The van der Waals surface area contributed by atoms with Crippen LogP contribution in [0.15, 0.2) is 30.3 Å². The molecule has 0 radical (unpaired) electrons. The van der Waals surface area contributed by atoms with Crippen LogP contribution in [0.1, 0.15) is 11.3 Å². The van der Waals surface area contributed by atoms with Gasteiger partial charge in [-0.3, -0.25) is 4.79 Å². The van der Waals surface area contributed by atoms with Crippen LogP contribution in [-0.2, 0) is 20.4 Å². The Balaban J connectivity index is 2.34. The van der Waals surface area contributed by atoms with Crippen molar-refractivity contribution in [1.29, 1.82) is 0 Å². The summed E-state index contributed by atoms with van der Waals surface area (Å²) >= 11 is 6.28. The van der Waals surface area contributed by atoms with E-state index in [4.69, 9.17) is 11.6 Å². The Labute approximate surface area is 134 Å². The Morgan fingerprint density at radius 2 is 1.95 bits per heavy atom. The molecule has 1 aromatic heterocycles. The third kappa shape index (κ3) is 3.66. The maximum atomic E-state index is 12.1. The van der Waals surface area contributed by atoms with E-state index in [1.807, 2.05) is 30.3 Å². The van der Waals surface area contributed by atoms with Crippen molar-refractivity contribution in [1.82, 2.24) is 15.1 Å². The molecule has 0 spiro atoms. The number of nitrogens with zero attached hydrogens (tertiary/aromatic N) is 2. The summed E-state index contributed by atoms with van der Waals surface area (Å²) in [5.74, 6) is -1.45. The summed E-state index contributed by atoms with van der Waals surface area (Å²) in [7, 11) is -2.22. The monoisotopic (exact) mass is 341 g/mol. The van der Waals surface area contributed by atoms with Gasteiger partial charge in [0.1, 0.15) is 10.9 Å². The summed E-state index contributed by atoms with van der Waals surface area (Å²) in [4.78, 5) is 11.3. The second-order valence-corrected chi connectivity index (χ2v) is 7.23. The summed E-state index contributed by atoms with van der Waals surface area (Å²) < 4.78 is 25.6. The number of para-hydroxylation sites is 1. The number of hydrogen-bond acceptors (Lipinski definition) is 4. The number of benzene rings is 1. The predicted octanol–water partition coefficient (Wildman–Crippen LogP) is 1.49. The van der Waals surface area contributed by atoms with Gasteiger partial charge in [-0.1, -0.05) is 29.8 Å². The topological polar surface area (TPSA) is 81.1 Å². The average Bonchev–Trinajstić information content (AvgIpc) is 2.75. The molecular formula is C14H16ClN3O3S. The lowest BCUT2D eigenvalue weighted by molar-refractivity contribution is -0.118. The number of carbonyl (C=O) groups is 1. The first-order chi connectivity index (χ1) is 10.3. The standard InChI is InChI=1S/C14H16ClN3O3S/c1-10-12(8-22(20,21)9-13(19)16-2)14(15)18(17-10)11-6-4-3-5-7-11/h3-7H,8-9H2,1-2H3,(H,16,19). The van der Waals surface area contributed by atoms with E-state index in [0.29, 0.717) is 11.3 Å². The summed E-state index contributed by atoms with van der Waals surface area (Å²) in [5.41, 5.74) is 1.68. The van der Waals surface area contributed by atoms with Gasteiger partial charge in [0, 0.05) is 12.6 Å². The van der Waals surface area contributed by atoms with Gasteiger partial charge in [0.25, 0.3) is 0 Å². The number of nitrogens with one attached hydrogen (secondary N) is 1. The van der Waals surface area contributed by atoms with Gasteiger partial charge < -0.3 is 5.32 Å². The normalized spacial score (nSPS) is 11.4. The minimum atomic E-state index is -3.61. The van der Waals surface area contributed by atoms with Crippen molar-refractivity contribution < 1.29 is 13.2 Å². The van der Waals surface area contributed by atoms with Gasteiger partial charge in [0.15, 0.2) is 9.84 Å². The number of rotatable bonds is 5. The van der Waals surface area contributed by atoms with Crippen LogP contribution in [0.25, 0.3) is 5.69 Å². The molecule has 0 saturated heterocycles. The second kappa shape index (κ2) is 6.50. The molecule has 0 atom stereocenters. The molecule has 1 amide bonds.